The molecule has 1 aromatic heterocycles. The van der Waals surface area contributed by atoms with Crippen LogP contribution in [0.15, 0.2) is 30.6 Å². The quantitative estimate of drug-likeness (QED) is 0.800. The minimum Gasteiger partial charge on any atom is -0.481 e. The van der Waals surface area contributed by atoms with Gasteiger partial charge in [0.25, 0.3) is 0 Å². The number of aliphatic carboxylic acids is 1. The number of nitrogens with zero attached hydrogens (tertiary/aromatic N) is 3. The monoisotopic (exact) mass is 260 g/mol. The van der Waals surface area contributed by atoms with Gasteiger partial charge in [0, 0.05) is 13.6 Å². The number of aryl methyl sites for hydroxylation is 1. The van der Waals surface area contributed by atoms with Gasteiger partial charge in [-0.1, -0.05) is 24.3 Å². The van der Waals surface area contributed by atoms with Crippen LogP contribution in [-0.4, -0.2) is 25.8 Å². The maximum absolute atomic E-state index is 10.6. The Morgan fingerprint density at radius 1 is 1.26 bits per heavy atom. The fraction of sp³-hybridized carbons (Fsp3) is 0.308. The highest BCUT2D eigenvalue weighted by atomic mass is 16.4. The van der Waals surface area contributed by atoms with Gasteiger partial charge in [0.05, 0.1) is 13.0 Å². The van der Waals surface area contributed by atoms with Crippen LogP contribution in [0.4, 0.5) is 0 Å². The highest BCUT2D eigenvalue weighted by Gasteiger charge is 2.02. The lowest BCUT2D eigenvalue weighted by atomic mass is 10.1. The molecule has 0 spiro atoms. The fourth-order valence-corrected chi connectivity index (χ4v) is 1.74. The summed E-state index contributed by atoms with van der Waals surface area (Å²) in [7, 11) is 1.90. The van der Waals surface area contributed by atoms with Gasteiger partial charge in [-0.15, -0.1) is 10.2 Å². The number of nitrogens with one attached hydrogen (secondary N) is 1. The second-order valence-corrected chi connectivity index (χ2v) is 4.35. The molecule has 0 bridgehead atoms. The van der Waals surface area contributed by atoms with Crippen LogP contribution < -0.4 is 5.32 Å². The van der Waals surface area contributed by atoms with Crippen LogP contribution in [0, 0.1) is 0 Å². The molecule has 0 atom stereocenters. The molecule has 0 aliphatic rings. The zero-order chi connectivity index (χ0) is 13.7. The average molecular weight is 260 g/mol. The van der Waals surface area contributed by atoms with E-state index in [-0.39, 0.29) is 6.42 Å². The van der Waals surface area contributed by atoms with Crippen molar-refractivity contribution in [3.63, 3.8) is 0 Å². The molecule has 0 fully saturated rings. The van der Waals surface area contributed by atoms with Crippen molar-refractivity contribution in [3.05, 3.63) is 47.5 Å². The van der Waals surface area contributed by atoms with Gasteiger partial charge in [0.1, 0.15) is 12.2 Å². The molecule has 19 heavy (non-hydrogen) atoms. The molecule has 100 valence electrons. The van der Waals surface area contributed by atoms with E-state index in [4.69, 9.17) is 5.11 Å². The van der Waals surface area contributed by atoms with Gasteiger partial charge in [-0.2, -0.15) is 0 Å². The largest absolute Gasteiger partial charge is 0.481 e. The molecule has 0 unspecified atom stereocenters. The first-order chi connectivity index (χ1) is 9.15. The Morgan fingerprint density at radius 2 is 1.95 bits per heavy atom. The lowest BCUT2D eigenvalue weighted by Gasteiger charge is -2.05. The maximum Gasteiger partial charge on any atom is 0.307 e. The first-order valence-electron chi connectivity index (χ1n) is 5.98. The molecule has 0 aliphatic heterocycles. The lowest BCUT2D eigenvalue weighted by Crippen LogP contribution is -2.15. The van der Waals surface area contributed by atoms with E-state index < -0.39 is 5.97 Å². The maximum atomic E-state index is 10.6. The molecule has 6 heteroatoms. The summed E-state index contributed by atoms with van der Waals surface area (Å²) in [5.74, 6) is 0.0654. The summed E-state index contributed by atoms with van der Waals surface area (Å²) in [5.41, 5.74) is 1.92. The number of rotatable bonds is 6. The standard InChI is InChI=1S/C13H16N4O2/c1-17-9-15-16-12(17)8-14-7-11-4-2-10(3-5-11)6-13(18)19/h2-5,9,14H,6-8H2,1H3,(H,18,19). The number of carboxylic acids is 1. The van der Waals surface area contributed by atoms with Gasteiger partial charge < -0.3 is 15.0 Å². The minimum atomic E-state index is -0.812. The molecule has 6 nitrogen and oxygen atoms in total. The van der Waals surface area contributed by atoms with Crippen molar-refractivity contribution in [2.24, 2.45) is 7.05 Å². The van der Waals surface area contributed by atoms with Gasteiger partial charge >= 0.3 is 5.97 Å². The van der Waals surface area contributed by atoms with E-state index in [0.29, 0.717) is 13.1 Å². The van der Waals surface area contributed by atoms with Crippen molar-refractivity contribution in [3.8, 4) is 0 Å². The topological polar surface area (TPSA) is 80.0 Å². The van der Waals surface area contributed by atoms with Gasteiger partial charge in [0.15, 0.2) is 0 Å². The van der Waals surface area contributed by atoms with E-state index in [9.17, 15) is 4.79 Å². The number of carbonyl (C=O) groups is 1. The molecule has 2 rings (SSSR count). The lowest BCUT2D eigenvalue weighted by molar-refractivity contribution is -0.136. The first kappa shape index (κ1) is 13.2. The number of aromatic nitrogens is 3. The van der Waals surface area contributed by atoms with E-state index in [1.807, 2.05) is 35.9 Å². The zero-order valence-electron chi connectivity index (χ0n) is 10.7. The van der Waals surface area contributed by atoms with Gasteiger partial charge in [-0.25, -0.2) is 0 Å². The first-order valence-corrected chi connectivity index (χ1v) is 5.98. The number of benzene rings is 1. The Hall–Kier alpha value is -2.21. The third kappa shape index (κ3) is 3.89. The minimum absolute atomic E-state index is 0.0622. The molecule has 0 saturated carbocycles. The summed E-state index contributed by atoms with van der Waals surface area (Å²) in [4.78, 5) is 10.6. The summed E-state index contributed by atoms with van der Waals surface area (Å²) in [6.07, 6.45) is 1.73. The third-order valence-electron chi connectivity index (χ3n) is 2.80. The molecule has 0 amide bonds. The summed E-state index contributed by atoms with van der Waals surface area (Å²) >= 11 is 0. The van der Waals surface area contributed by atoms with Crippen molar-refractivity contribution < 1.29 is 9.90 Å². The van der Waals surface area contributed by atoms with Crippen LogP contribution >= 0.6 is 0 Å². The molecular formula is C13H16N4O2. The number of carboxylic acid groups (broad SMARTS) is 1. The number of hydrogen-bond acceptors (Lipinski definition) is 4. The molecule has 0 aliphatic carbocycles. The van der Waals surface area contributed by atoms with E-state index in [0.717, 1.165) is 17.0 Å². The predicted octanol–water partition coefficient (Wildman–Crippen LogP) is 0.732. The van der Waals surface area contributed by atoms with E-state index in [1.165, 1.54) is 0 Å². The summed E-state index contributed by atoms with van der Waals surface area (Å²) in [6.45, 7) is 1.35. The molecule has 1 heterocycles. The van der Waals surface area contributed by atoms with Crippen molar-refractivity contribution in [2.45, 2.75) is 19.5 Å². The van der Waals surface area contributed by atoms with Crippen LogP contribution in [0.25, 0.3) is 0 Å². The Labute approximate surface area is 111 Å². The molecule has 2 aromatic rings. The Kier molecular flexibility index (Phi) is 4.25. The summed E-state index contributed by atoms with van der Waals surface area (Å²) in [5, 5.41) is 19.7. The van der Waals surface area contributed by atoms with Crippen molar-refractivity contribution in [1.29, 1.82) is 0 Å². The number of hydrogen-bond donors (Lipinski definition) is 2. The van der Waals surface area contributed by atoms with E-state index in [1.54, 1.807) is 6.33 Å². The Bertz CT molecular complexity index is 548. The van der Waals surface area contributed by atoms with Crippen molar-refractivity contribution in [1.82, 2.24) is 20.1 Å². The van der Waals surface area contributed by atoms with Crippen LogP contribution in [0.5, 0.6) is 0 Å². The summed E-state index contributed by atoms with van der Waals surface area (Å²) < 4.78 is 1.86. The zero-order valence-corrected chi connectivity index (χ0v) is 10.7. The third-order valence-corrected chi connectivity index (χ3v) is 2.80. The molecule has 2 N–H and O–H groups in total. The van der Waals surface area contributed by atoms with Gasteiger partial charge in [-0.05, 0) is 11.1 Å². The summed E-state index contributed by atoms with van der Waals surface area (Å²) in [6, 6.07) is 7.55. The molecule has 0 saturated heterocycles. The average Bonchev–Trinajstić information content (AvgIpc) is 2.77. The smallest absolute Gasteiger partial charge is 0.307 e. The second kappa shape index (κ2) is 6.10. The van der Waals surface area contributed by atoms with Gasteiger partial charge in [-0.3, -0.25) is 4.79 Å². The fourth-order valence-electron chi connectivity index (χ4n) is 1.74. The van der Waals surface area contributed by atoms with Crippen LogP contribution in [-0.2, 0) is 31.4 Å². The second-order valence-electron chi connectivity index (χ2n) is 4.35. The van der Waals surface area contributed by atoms with Crippen LogP contribution in [0.2, 0.25) is 0 Å². The van der Waals surface area contributed by atoms with E-state index in [2.05, 4.69) is 15.5 Å². The Balaban J connectivity index is 1.83. The van der Waals surface area contributed by atoms with Crippen molar-refractivity contribution >= 4 is 5.97 Å². The van der Waals surface area contributed by atoms with Crippen LogP contribution in [0.1, 0.15) is 17.0 Å². The van der Waals surface area contributed by atoms with Crippen LogP contribution in [0.3, 0.4) is 0 Å². The van der Waals surface area contributed by atoms with E-state index >= 15 is 0 Å². The highest BCUT2D eigenvalue weighted by Crippen LogP contribution is 2.05. The SMILES string of the molecule is Cn1cnnc1CNCc1ccc(CC(=O)O)cc1. The molecule has 0 radical (unpaired) electrons. The normalized spacial score (nSPS) is 10.6. The highest BCUT2D eigenvalue weighted by molar-refractivity contribution is 5.70. The molecule has 1 aromatic carbocycles. The van der Waals surface area contributed by atoms with Gasteiger partial charge in [0.2, 0.25) is 0 Å². The molecular weight excluding hydrogens is 244 g/mol. The van der Waals surface area contributed by atoms with Crippen molar-refractivity contribution in [2.75, 3.05) is 0 Å². The Morgan fingerprint density at radius 3 is 2.53 bits per heavy atom. The predicted molar refractivity (Wildman–Crippen MR) is 69.3 cm³/mol.